The summed E-state index contributed by atoms with van der Waals surface area (Å²) < 4.78 is 18.6. The van der Waals surface area contributed by atoms with Gasteiger partial charge in [0.1, 0.15) is 5.82 Å². The molecule has 2 N–H and O–H groups in total. The summed E-state index contributed by atoms with van der Waals surface area (Å²) in [7, 11) is 0. The van der Waals surface area contributed by atoms with Crippen molar-refractivity contribution in [3.63, 3.8) is 0 Å². The minimum absolute atomic E-state index is 0.237. The van der Waals surface area contributed by atoms with E-state index in [9.17, 15) is 4.39 Å². The van der Waals surface area contributed by atoms with E-state index in [2.05, 4.69) is 18.7 Å². The number of nitrogens with two attached hydrogens (primary N) is 1. The van der Waals surface area contributed by atoms with Crippen molar-refractivity contribution in [2.45, 2.75) is 32.6 Å². The maximum atomic E-state index is 12.9. The molecule has 1 heterocycles. The first-order chi connectivity index (χ1) is 8.04. The van der Waals surface area contributed by atoms with E-state index in [0.717, 1.165) is 25.2 Å². The zero-order chi connectivity index (χ0) is 12.4. The van der Waals surface area contributed by atoms with Crippen molar-refractivity contribution in [1.82, 2.24) is 4.90 Å². The molecule has 0 aliphatic carbocycles. The lowest BCUT2D eigenvalue weighted by atomic mass is 10.1. The summed E-state index contributed by atoms with van der Waals surface area (Å²) in [5.41, 5.74) is 7.31. The van der Waals surface area contributed by atoms with Gasteiger partial charge in [-0.2, -0.15) is 0 Å². The Bertz CT molecular complexity index is 387. The van der Waals surface area contributed by atoms with E-state index in [1.54, 1.807) is 6.07 Å². The van der Waals surface area contributed by atoms with Crippen LogP contribution in [0.3, 0.4) is 0 Å². The third-order valence-electron chi connectivity index (χ3n) is 3.00. The lowest BCUT2D eigenvalue weighted by Gasteiger charge is -2.35. The van der Waals surface area contributed by atoms with E-state index >= 15 is 0 Å². The highest BCUT2D eigenvalue weighted by atomic mass is 19.1. The predicted molar refractivity (Wildman–Crippen MR) is 66.1 cm³/mol. The first kappa shape index (κ1) is 12.3. The van der Waals surface area contributed by atoms with Gasteiger partial charge in [-0.3, -0.25) is 4.90 Å². The molecular weight excluding hydrogens is 219 g/mol. The second kappa shape index (κ2) is 5.02. The van der Waals surface area contributed by atoms with Crippen molar-refractivity contribution >= 4 is 5.69 Å². The third kappa shape index (κ3) is 3.17. The molecule has 2 atom stereocenters. The Balaban J connectivity index is 2.04. The fourth-order valence-corrected chi connectivity index (χ4v) is 2.36. The van der Waals surface area contributed by atoms with Crippen LogP contribution in [0.25, 0.3) is 0 Å². The zero-order valence-corrected chi connectivity index (χ0v) is 10.3. The molecule has 4 heteroatoms. The van der Waals surface area contributed by atoms with Crippen molar-refractivity contribution in [2.75, 3.05) is 18.8 Å². The average molecular weight is 238 g/mol. The number of morpholine rings is 1. The maximum Gasteiger partial charge on any atom is 0.125 e. The van der Waals surface area contributed by atoms with Crippen LogP contribution in [-0.2, 0) is 11.3 Å². The Morgan fingerprint density at radius 1 is 1.35 bits per heavy atom. The van der Waals surface area contributed by atoms with Gasteiger partial charge in [-0.25, -0.2) is 4.39 Å². The van der Waals surface area contributed by atoms with Gasteiger partial charge >= 0.3 is 0 Å². The molecule has 1 aliphatic heterocycles. The van der Waals surface area contributed by atoms with E-state index in [0.29, 0.717) is 5.69 Å². The maximum absolute atomic E-state index is 12.9. The van der Waals surface area contributed by atoms with E-state index < -0.39 is 0 Å². The number of halogens is 1. The van der Waals surface area contributed by atoms with Gasteiger partial charge in [0.05, 0.1) is 12.2 Å². The standard InChI is InChI=1S/C13H19FN2O/c1-9-6-16(7-10(2)17-9)8-11-3-4-12(14)5-13(11)15/h3-5,9-10H,6-8,15H2,1-2H3/t9-,10+. The lowest BCUT2D eigenvalue weighted by Crippen LogP contribution is -2.44. The van der Waals surface area contributed by atoms with Crippen LogP contribution in [0, 0.1) is 5.82 Å². The van der Waals surface area contributed by atoms with E-state index in [4.69, 9.17) is 10.5 Å². The second-order valence-electron chi connectivity index (χ2n) is 4.79. The van der Waals surface area contributed by atoms with Crippen LogP contribution in [0.1, 0.15) is 19.4 Å². The highest BCUT2D eigenvalue weighted by Gasteiger charge is 2.22. The molecule has 0 radical (unpaired) electrons. The van der Waals surface area contributed by atoms with Crippen molar-refractivity contribution < 1.29 is 9.13 Å². The molecule has 0 spiro atoms. The molecule has 2 rings (SSSR count). The number of nitrogens with zero attached hydrogens (tertiary/aromatic N) is 1. The minimum Gasteiger partial charge on any atom is -0.398 e. The number of benzene rings is 1. The molecule has 94 valence electrons. The van der Waals surface area contributed by atoms with Gasteiger partial charge in [0.25, 0.3) is 0 Å². The van der Waals surface area contributed by atoms with Gasteiger partial charge in [-0.05, 0) is 31.5 Å². The summed E-state index contributed by atoms with van der Waals surface area (Å²) in [5, 5.41) is 0. The van der Waals surface area contributed by atoms with Crippen LogP contribution in [-0.4, -0.2) is 30.2 Å². The van der Waals surface area contributed by atoms with Gasteiger partial charge < -0.3 is 10.5 Å². The van der Waals surface area contributed by atoms with Crippen LogP contribution in [0.4, 0.5) is 10.1 Å². The molecule has 0 bridgehead atoms. The monoisotopic (exact) mass is 238 g/mol. The van der Waals surface area contributed by atoms with Crippen LogP contribution < -0.4 is 5.73 Å². The van der Waals surface area contributed by atoms with Gasteiger partial charge in [-0.1, -0.05) is 6.07 Å². The fraction of sp³-hybridized carbons (Fsp3) is 0.538. The van der Waals surface area contributed by atoms with Crippen molar-refractivity contribution in [3.05, 3.63) is 29.6 Å². The highest BCUT2D eigenvalue weighted by Crippen LogP contribution is 2.18. The molecule has 0 saturated carbocycles. The van der Waals surface area contributed by atoms with Crippen LogP contribution in [0.15, 0.2) is 18.2 Å². The quantitative estimate of drug-likeness (QED) is 0.801. The molecule has 0 amide bonds. The molecule has 0 aromatic heterocycles. The second-order valence-corrected chi connectivity index (χ2v) is 4.79. The molecule has 1 aromatic carbocycles. The predicted octanol–water partition coefficient (Wildman–Crippen LogP) is 2.02. The molecule has 1 fully saturated rings. The summed E-state index contributed by atoms with van der Waals surface area (Å²) in [6, 6.07) is 4.59. The zero-order valence-electron chi connectivity index (χ0n) is 10.3. The minimum atomic E-state index is -0.282. The SMILES string of the molecule is C[C@@H]1CN(Cc2ccc(F)cc2N)C[C@H](C)O1. The summed E-state index contributed by atoms with van der Waals surface area (Å²) in [5.74, 6) is -0.282. The summed E-state index contributed by atoms with van der Waals surface area (Å²) in [6.45, 7) is 6.67. The highest BCUT2D eigenvalue weighted by molar-refractivity contribution is 5.46. The molecule has 1 aromatic rings. The summed E-state index contributed by atoms with van der Waals surface area (Å²) in [4.78, 5) is 2.29. The Morgan fingerprint density at radius 3 is 2.59 bits per heavy atom. The third-order valence-corrected chi connectivity index (χ3v) is 3.00. The normalized spacial score (nSPS) is 26.1. The fourth-order valence-electron chi connectivity index (χ4n) is 2.36. The van der Waals surface area contributed by atoms with E-state index in [1.807, 2.05) is 0 Å². The molecule has 3 nitrogen and oxygen atoms in total. The number of ether oxygens (including phenoxy) is 1. The average Bonchev–Trinajstić information content (AvgIpc) is 2.21. The molecule has 1 aliphatic rings. The first-order valence-electron chi connectivity index (χ1n) is 5.96. The lowest BCUT2D eigenvalue weighted by molar-refractivity contribution is -0.0704. The van der Waals surface area contributed by atoms with Gasteiger partial charge in [-0.15, -0.1) is 0 Å². The summed E-state index contributed by atoms with van der Waals surface area (Å²) in [6.07, 6.45) is 0.473. The summed E-state index contributed by atoms with van der Waals surface area (Å²) >= 11 is 0. The van der Waals surface area contributed by atoms with Gasteiger partial charge in [0.2, 0.25) is 0 Å². The van der Waals surface area contributed by atoms with Crippen molar-refractivity contribution in [3.8, 4) is 0 Å². The van der Waals surface area contributed by atoms with Crippen LogP contribution in [0.5, 0.6) is 0 Å². The molecule has 17 heavy (non-hydrogen) atoms. The number of rotatable bonds is 2. The molecule has 1 saturated heterocycles. The molecule has 0 unspecified atom stereocenters. The Kier molecular flexibility index (Phi) is 3.64. The Labute approximate surface area is 101 Å². The largest absolute Gasteiger partial charge is 0.398 e. The smallest absolute Gasteiger partial charge is 0.125 e. The number of nitrogen functional groups attached to an aromatic ring is 1. The van der Waals surface area contributed by atoms with Crippen LogP contribution >= 0.6 is 0 Å². The van der Waals surface area contributed by atoms with Crippen LogP contribution in [0.2, 0.25) is 0 Å². The van der Waals surface area contributed by atoms with E-state index in [-0.39, 0.29) is 18.0 Å². The van der Waals surface area contributed by atoms with E-state index in [1.165, 1.54) is 12.1 Å². The number of hydrogen-bond acceptors (Lipinski definition) is 3. The van der Waals surface area contributed by atoms with Crippen molar-refractivity contribution in [1.29, 1.82) is 0 Å². The number of anilines is 1. The topological polar surface area (TPSA) is 38.5 Å². The van der Waals surface area contributed by atoms with Gasteiger partial charge in [0, 0.05) is 25.3 Å². The Hall–Kier alpha value is -1.13. The Morgan fingerprint density at radius 2 is 2.00 bits per heavy atom. The van der Waals surface area contributed by atoms with Crippen molar-refractivity contribution in [2.24, 2.45) is 0 Å². The first-order valence-corrected chi connectivity index (χ1v) is 5.96. The molecular formula is C13H19FN2O. The van der Waals surface area contributed by atoms with Gasteiger partial charge in [0.15, 0.2) is 0 Å². The number of hydrogen-bond donors (Lipinski definition) is 1.